The molecule has 0 atom stereocenters. The van der Waals surface area contributed by atoms with Gasteiger partial charge in [-0.1, -0.05) is 144 Å². The molecule has 4 aliphatic rings. The van der Waals surface area contributed by atoms with Crippen molar-refractivity contribution in [3.8, 4) is 56.4 Å². The van der Waals surface area contributed by atoms with Crippen molar-refractivity contribution in [1.29, 1.82) is 0 Å². The zero-order valence-corrected chi connectivity index (χ0v) is 59.4. The second-order valence-corrected chi connectivity index (χ2v) is 28.3. The number of phenols is 2. The normalized spacial score (nSPS) is 11.6. The van der Waals surface area contributed by atoms with Crippen LogP contribution in [0.15, 0.2) is 220 Å². The molecule has 8 aromatic rings. The van der Waals surface area contributed by atoms with Gasteiger partial charge < -0.3 is 28.8 Å². The molecule has 0 aromatic heterocycles. The average Bonchev–Trinajstić information content (AvgIpc) is 0.740. The molecule has 20 nitrogen and oxygen atoms in total. The Kier molecular flexibility index (Phi) is 24.6. The van der Waals surface area contributed by atoms with E-state index in [0.29, 0.717) is 28.2 Å². The third-order valence-corrected chi connectivity index (χ3v) is 18.5. The van der Waals surface area contributed by atoms with E-state index < -0.39 is 124 Å². The third kappa shape index (κ3) is 19.0. The topological polar surface area (TPSA) is 322 Å². The molecule has 0 fully saturated rings. The Morgan fingerprint density at radius 3 is 1.09 bits per heavy atom. The van der Waals surface area contributed by atoms with E-state index in [4.69, 9.17) is 21.5 Å². The highest BCUT2D eigenvalue weighted by Gasteiger charge is 2.33. The van der Waals surface area contributed by atoms with Crippen LogP contribution in [0.3, 0.4) is 0 Å². The third-order valence-electron chi connectivity index (χ3n) is 15.4. The van der Waals surface area contributed by atoms with E-state index in [-0.39, 0.29) is 58.4 Å². The second-order valence-electron chi connectivity index (χ2n) is 22.8. The predicted octanol–water partition coefficient (Wildman–Crippen LogP) is 15.2. The average molecular weight is 1560 g/mol. The summed E-state index contributed by atoms with van der Waals surface area (Å²) in [7, 11) is -10.5. The Morgan fingerprint density at radius 1 is 0.413 bits per heavy atom. The van der Waals surface area contributed by atoms with Crippen molar-refractivity contribution in [3.05, 3.63) is 270 Å². The molecule has 0 unspecified atom stereocenters. The minimum Gasteiger partial charge on any atom is -0.505 e. The minimum atomic E-state index is -5.33. The van der Waals surface area contributed by atoms with E-state index in [1.807, 2.05) is 87.7 Å². The summed E-state index contributed by atoms with van der Waals surface area (Å²) in [5.41, 5.74) is 3.75. The summed E-state index contributed by atoms with van der Waals surface area (Å²) in [4.78, 5) is 25.3. The van der Waals surface area contributed by atoms with Crippen LogP contribution in [0.1, 0.15) is 38.9 Å². The number of hydrogen-bond acceptors (Lipinski definition) is 17. The lowest BCUT2D eigenvalue weighted by atomic mass is 9.92. The van der Waals surface area contributed by atoms with E-state index in [9.17, 15) is 76.3 Å². The molecule has 30 heteroatoms. The maximum absolute atomic E-state index is 14.7. The maximum Gasteiger partial charge on any atom is 0.425 e. The van der Waals surface area contributed by atoms with Gasteiger partial charge in [-0.2, -0.15) is 25.3 Å². The highest BCUT2D eigenvalue weighted by molar-refractivity contribution is 9.10. The van der Waals surface area contributed by atoms with Crippen molar-refractivity contribution >= 4 is 141 Å². The first kappa shape index (κ1) is 78.6. The van der Waals surface area contributed by atoms with Crippen molar-refractivity contribution in [2.24, 2.45) is 0 Å². The van der Waals surface area contributed by atoms with Crippen LogP contribution in [-0.2, 0) is 41.0 Å². The first-order chi connectivity index (χ1) is 48.5. The number of aromatic hydroxyl groups is 2. The first-order valence-corrected chi connectivity index (χ1v) is 35.9. The van der Waals surface area contributed by atoms with Crippen LogP contribution in [0, 0.1) is 23.3 Å². The van der Waals surface area contributed by atoms with Crippen molar-refractivity contribution in [1.82, 2.24) is 0 Å². The molecule has 2 heterocycles. The molecule has 3 radical (unpaired) electrons. The van der Waals surface area contributed by atoms with Gasteiger partial charge in [-0.05, 0) is 112 Å². The number of rotatable bonds is 14. The molecule has 104 heavy (non-hydrogen) atoms. The van der Waals surface area contributed by atoms with Crippen LogP contribution >= 0.6 is 15.9 Å². The van der Waals surface area contributed by atoms with Crippen LogP contribution < -0.4 is 20.7 Å². The Morgan fingerprint density at radius 2 is 0.740 bits per heavy atom. The Labute approximate surface area is 604 Å². The number of phenolic OH excluding ortho intramolecular Hbond substituents is 2. The summed E-state index contributed by atoms with van der Waals surface area (Å²) in [6.45, 7) is 3.75. The summed E-state index contributed by atoms with van der Waals surface area (Å²) in [5, 5.41) is 19.3. The standard InChI is InChI=1S/C37H27F2NO9S2.C19H9BrF2O6S.C18H19N.B.O3S/c1-40(2)25-13-11-23(12-14-25)8-7-21-3-5-22(6-4-21)9-10-24-15-34(50(43,44)45)37(35(16-24)51(46,47)48)36-26-17-28(38)30(41)19-32(26)49-33-20-31(42)29(39)18-27(33)36;20-8-1-2-9(18(3-8)29(25,26)27)19-10-4-12(21)14(23)6-16(10)28-17-7-15(24)13(22)5-11(17)19;1-4-15-5-7-16(8-6-15)9-10-17-11-13-18(14-12-17)19(2)3;;1-4(2)3/h3-20,41H,1-2H3,(H,43,44,45)(H,46,47,48);1-7,23H,(H,25,26,27);4-14H,1H2,2-3H3;;/b8-7+,10-9+;;10-9+;;. The van der Waals surface area contributed by atoms with Gasteiger partial charge in [-0.3, -0.25) is 23.2 Å². The lowest BCUT2D eigenvalue weighted by Crippen LogP contribution is -2.11. The van der Waals surface area contributed by atoms with Gasteiger partial charge in [0.1, 0.15) is 37.4 Å². The fraction of sp³-hybridized carbons (Fsp3) is 0.0541. The quantitative estimate of drug-likeness (QED) is 0.0222. The van der Waals surface area contributed by atoms with Gasteiger partial charge in [0.15, 0.2) is 34.8 Å². The van der Waals surface area contributed by atoms with Crippen molar-refractivity contribution in [3.63, 3.8) is 0 Å². The number of halogens is 5. The molecule has 531 valence electrons. The molecular weight excluding hydrogens is 1500 g/mol. The van der Waals surface area contributed by atoms with Crippen LogP contribution in [0.5, 0.6) is 11.5 Å². The lowest BCUT2D eigenvalue weighted by molar-refractivity contribution is 0.432. The van der Waals surface area contributed by atoms with Crippen LogP contribution in [0.2, 0.25) is 0 Å². The number of anilines is 2. The summed E-state index contributed by atoms with van der Waals surface area (Å²) in [5.74, 6) is -6.92. The Bertz CT molecular complexity index is 5890. The van der Waals surface area contributed by atoms with E-state index in [1.165, 1.54) is 41.1 Å². The molecule has 0 bridgehead atoms. The maximum atomic E-state index is 14.7. The van der Waals surface area contributed by atoms with E-state index in [1.54, 1.807) is 12.1 Å². The van der Waals surface area contributed by atoms with Crippen molar-refractivity contribution in [2.75, 3.05) is 38.0 Å². The zero-order valence-electron chi connectivity index (χ0n) is 54.5. The number of nitrogens with zero attached hydrogens (tertiary/aromatic N) is 2. The summed E-state index contributed by atoms with van der Waals surface area (Å²) in [6, 6.07) is 44.0. The molecule has 2 aliphatic heterocycles. The van der Waals surface area contributed by atoms with E-state index in [2.05, 4.69) is 88.1 Å². The van der Waals surface area contributed by atoms with Crippen LogP contribution in [0.4, 0.5) is 28.9 Å². The van der Waals surface area contributed by atoms with Crippen molar-refractivity contribution < 1.29 is 88.1 Å². The monoisotopic (exact) mass is 1550 g/mol. The van der Waals surface area contributed by atoms with Gasteiger partial charge in [0.2, 0.25) is 10.9 Å². The smallest absolute Gasteiger partial charge is 0.425 e. The van der Waals surface area contributed by atoms with Gasteiger partial charge in [0.05, 0.1) is 0 Å². The summed E-state index contributed by atoms with van der Waals surface area (Å²) >= 11 is 3.11. The van der Waals surface area contributed by atoms with E-state index in [0.717, 1.165) is 70.9 Å². The molecule has 0 spiro atoms. The summed E-state index contributed by atoms with van der Waals surface area (Å²) < 4.78 is 200. The number of benzene rings is 10. The second kappa shape index (κ2) is 32.5. The number of hydrogen-bond donors (Lipinski definition) is 5. The number of fused-ring (bicyclic) bond motifs is 4. The highest BCUT2D eigenvalue weighted by atomic mass is 79.9. The molecule has 12 rings (SSSR count). The van der Waals surface area contributed by atoms with Gasteiger partial charge in [-0.15, -0.1) is 12.6 Å². The van der Waals surface area contributed by atoms with Crippen LogP contribution in [0.25, 0.3) is 109 Å². The molecule has 0 saturated heterocycles. The molecule has 2 aliphatic carbocycles. The minimum absolute atomic E-state index is 0. The largest absolute Gasteiger partial charge is 0.505 e. The molecule has 0 amide bonds. The molecular formula is C74H55BBrF4N2O18S4. The Hall–Kier alpha value is -11.1. The fourth-order valence-electron chi connectivity index (χ4n) is 10.4. The van der Waals surface area contributed by atoms with Crippen molar-refractivity contribution in [2.45, 2.75) is 14.7 Å². The van der Waals surface area contributed by atoms with Gasteiger partial charge >= 0.3 is 10.6 Å². The first-order valence-electron chi connectivity index (χ1n) is 29.7. The Balaban J connectivity index is 0.000000216. The van der Waals surface area contributed by atoms with Gasteiger partial charge in [0.25, 0.3) is 30.4 Å². The molecule has 5 N–H and O–H groups in total. The SMILES string of the molecule is C=Cc1ccc(/C=C/c2ccc(N(C)C)cc2)cc1.CN(C)c1ccc(/C=C/c2ccc(/C=C/c3cc(S(=O)(=O)O)c(-c4c5cc(F)c(=O)cc-5oc5cc(O)c(F)cc45)c(S(=O)(=O)O)c3)cc2)cc1.O=S(=O)=O.O=c1cc2oc3cc(O)c(F)cc3c(-c3ccc(Br)cc3S(=O)(=O)O)c-2cc1F.[B]. The molecule has 8 aromatic carbocycles. The summed E-state index contributed by atoms with van der Waals surface area (Å²) in [6.07, 6.45) is 12.8. The van der Waals surface area contributed by atoms with Gasteiger partial charge in [-0.25, -0.2) is 17.6 Å². The lowest BCUT2D eigenvalue weighted by Gasteiger charge is -2.20. The fourth-order valence-corrected chi connectivity index (χ4v) is 13.3. The highest BCUT2D eigenvalue weighted by Crippen LogP contribution is 2.48. The predicted molar refractivity (Wildman–Crippen MR) is 396 cm³/mol. The zero-order chi connectivity index (χ0) is 75.2. The van der Waals surface area contributed by atoms with Crippen LogP contribution in [-0.4, -0.2) is 98.4 Å². The van der Waals surface area contributed by atoms with E-state index >= 15 is 0 Å². The molecule has 0 saturated carbocycles. The van der Waals surface area contributed by atoms with Gasteiger partial charge in [0, 0.05) is 121 Å².